The first-order valence-electron chi connectivity index (χ1n) is 7.87. The van der Waals surface area contributed by atoms with E-state index < -0.39 is 0 Å². The van der Waals surface area contributed by atoms with Crippen molar-refractivity contribution in [3.63, 3.8) is 0 Å². The summed E-state index contributed by atoms with van der Waals surface area (Å²) in [6, 6.07) is 15.8. The van der Waals surface area contributed by atoms with Crippen molar-refractivity contribution in [1.82, 2.24) is 5.32 Å². The molecule has 0 bridgehead atoms. The Kier molecular flexibility index (Phi) is 4.62. The fourth-order valence-corrected chi connectivity index (χ4v) is 2.87. The molecule has 0 atom stereocenters. The first-order chi connectivity index (χ1) is 10.3. The van der Waals surface area contributed by atoms with Gasteiger partial charge in [-0.2, -0.15) is 0 Å². The molecule has 2 heteroatoms. The molecular formula is C19H22ClN. The summed E-state index contributed by atoms with van der Waals surface area (Å²) < 4.78 is 0. The summed E-state index contributed by atoms with van der Waals surface area (Å²) in [6.45, 7) is 3.15. The van der Waals surface area contributed by atoms with Crippen LogP contribution in [-0.4, -0.2) is 6.04 Å². The summed E-state index contributed by atoms with van der Waals surface area (Å²) >= 11 is 6.22. The van der Waals surface area contributed by atoms with Gasteiger partial charge in [0.1, 0.15) is 0 Å². The van der Waals surface area contributed by atoms with Gasteiger partial charge in [0.25, 0.3) is 0 Å². The van der Waals surface area contributed by atoms with Crippen LogP contribution in [0.4, 0.5) is 0 Å². The van der Waals surface area contributed by atoms with Crippen LogP contribution >= 0.6 is 11.6 Å². The second-order valence-corrected chi connectivity index (χ2v) is 6.34. The number of aryl methyl sites for hydroxylation is 1. The molecule has 2 aromatic rings. The Labute approximate surface area is 132 Å². The Morgan fingerprint density at radius 3 is 2.76 bits per heavy atom. The summed E-state index contributed by atoms with van der Waals surface area (Å²) in [5.41, 5.74) is 5.26. The maximum absolute atomic E-state index is 6.22. The SMILES string of the molecule is CCCc1cccc(-c2cc(Cl)ccc2CNC2CC2)c1. The van der Waals surface area contributed by atoms with E-state index in [1.165, 1.54) is 41.5 Å². The highest BCUT2D eigenvalue weighted by atomic mass is 35.5. The van der Waals surface area contributed by atoms with E-state index in [4.69, 9.17) is 11.6 Å². The van der Waals surface area contributed by atoms with E-state index in [9.17, 15) is 0 Å². The van der Waals surface area contributed by atoms with Crippen molar-refractivity contribution >= 4 is 11.6 Å². The molecular weight excluding hydrogens is 278 g/mol. The van der Waals surface area contributed by atoms with Crippen LogP contribution in [-0.2, 0) is 13.0 Å². The number of nitrogens with one attached hydrogen (secondary N) is 1. The van der Waals surface area contributed by atoms with Gasteiger partial charge in [-0.25, -0.2) is 0 Å². The average molecular weight is 300 g/mol. The summed E-state index contributed by atoms with van der Waals surface area (Å²) in [4.78, 5) is 0. The highest BCUT2D eigenvalue weighted by molar-refractivity contribution is 6.30. The minimum absolute atomic E-state index is 0.722. The van der Waals surface area contributed by atoms with E-state index in [0.29, 0.717) is 0 Å². The highest BCUT2D eigenvalue weighted by Crippen LogP contribution is 2.29. The second kappa shape index (κ2) is 6.64. The third-order valence-corrected chi connectivity index (χ3v) is 4.24. The molecule has 1 N–H and O–H groups in total. The van der Waals surface area contributed by atoms with E-state index in [-0.39, 0.29) is 0 Å². The molecule has 1 aliphatic carbocycles. The predicted molar refractivity (Wildman–Crippen MR) is 90.7 cm³/mol. The first-order valence-corrected chi connectivity index (χ1v) is 8.25. The van der Waals surface area contributed by atoms with E-state index >= 15 is 0 Å². The zero-order chi connectivity index (χ0) is 14.7. The Morgan fingerprint density at radius 2 is 2.00 bits per heavy atom. The molecule has 21 heavy (non-hydrogen) atoms. The molecule has 0 radical (unpaired) electrons. The van der Waals surface area contributed by atoms with Gasteiger partial charge in [-0.1, -0.05) is 55.3 Å². The highest BCUT2D eigenvalue weighted by Gasteiger charge is 2.20. The standard InChI is InChI=1S/C19H22ClN/c1-2-4-14-5-3-6-15(11-14)19-12-17(20)8-7-16(19)13-21-18-9-10-18/h3,5-8,11-12,18,21H,2,4,9-10,13H2,1H3. The molecule has 110 valence electrons. The lowest BCUT2D eigenvalue weighted by atomic mass is 9.97. The molecule has 1 nitrogen and oxygen atoms in total. The van der Waals surface area contributed by atoms with Crippen LogP contribution in [0.25, 0.3) is 11.1 Å². The number of hydrogen-bond acceptors (Lipinski definition) is 1. The van der Waals surface area contributed by atoms with Crippen LogP contribution in [0.1, 0.15) is 37.3 Å². The number of hydrogen-bond donors (Lipinski definition) is 1. The van der Waals surface area contributed by atoms with Crippen LogP contribution in [0.5, 0.6) is 0 Å². The monoisotopic (exact) mass is 299 g/mol. The van der Waals surface area contributed by atoms with Crippen molar-refractivity contribution in [2.45, 2.75) is 45.2 Å². The quantitative estimate of drug-likeness (QED) is 0.772. The molecule has 0 heterocycles. The fourth-order valence-electron chi connectivity index (χ4n) is 2.70. The lowest BCUT2D eigenvalue weighted by Gasteiger charge is -2.12. The van der Waals surface area contributed by atoms with Gasteiger partial charge in [0.15, 0.2) is 0 Å². The topological polar surface area (TPSA) is 12.0 Å². The molecule has 0 saturated heterocycles. The summed E-state index contributed by atoms with van der Waals surface area (Å²) in [6.07, 6.45) is 4.93. The van der Waals surface area contributed by atoms with Crippen molar-refractivity contribution in [3.05, 3.63) is 58.6 Å². The van der Waals surface area contributed by atoms with Gasteiger partial charge in [0.05, 0.1) is 0 Å². The van der Waals surface area contributed by atoms with Gasteiger partial charge in [0.2, 0.25) is 0 Å². The molecule has 1 aliphatic rings. The fraction of sp³-hybridized carbons (Fsp3) is 0.368. The van der Waals surface area contributed by atoms with Crippen LogP contribution in [0.3, 0.4) is 0 Å². The molecule has 3 rings (SSSR count). The van der Waals surface area contributed by atoms with Gasteiger partial charge in [-0.3, -0.25) is 0 Å². The normalized spacial score (nSPS) is 14.4. The van der Waals surface area contributed by atoms with Crippen molar-refractivity contribution in [2.24, 2.45) is 0 Å². The lowest BCUT2D eigenvalue weighted by molar-refractivity contribution is 0.689. The second-order valence-electron chi connectivity index (χ2n) is 5.91. The third-order valence-electron chi connectivity index (χ3n) is 4.01. The van der Waals surface area contributed by atoms with Gasteiger partial charge >= 0.3 is 0 Å². The minimum Gasteiger partial charge on any atom is -0.310 e. The molecule has 1 fully saturated rings. The first kappa shape index (κ1) is 14.6. The summed E-state index contributed by atoms with van der Waals surface area (Å²) in [7, 11) is 0. The maximum Gasteiger partial charge on any atom is 0.0412 e. The van der Waals surface area contributed by atoms with Gasteiger partial charge in [-0.15, -0.1) is 0 Å². The van der Waals surface area contributed by atoms with Crippen LogP contribution in [0.15, 0.2) is 42.5 Å². The Morgan fingerprint density at radius 1 is 1.14 bits per heavy atom. The van der Waals surface area contributed by atoms with E-state index in [0.717, 1.165) is 24.0 Å². The number of rotatable bonds is 6. The van der Waals surface area contributed by atoms with Crippen molar-refractivity contribution in [1.29, 1.82) is 0 Å². The van der Waals surface area contributed by atoms with Gasteiger partial charge in [-0.05, 0) is 53.6 Å². The minimum atomic E-state index is 0.722. The van der Waals surface area contributed by atoms with Gasteiger partial charge in [0, 0.05) is 17.6 Å². The number of benzene rings is 2. The molecule has 0 amide bonds. The molecule has 2 aromatic carbocycles. The van der Waals surface area contributed by atoms with Crippen molar-refractivity contribution in [3.8, 4) is 11.1 Å². The molecule has 0 aromatic heterocycles. The molecule has 0 spiro atoms. The summed E-state index contributed by atoms with van der Waals surface area (Å²) in [5, 5.41) is 4.41. The maximum atomic E-state index is 6.22. The predicted octanol–water partition coefficient (Wildman–Crippen LogP) is 5.21. The van der Waals surface area contributed by atoms with Crippen molar-refractivity contribution < 1.29 is 0 Å². The smallest absolute Gasteiger partial charge is 0.0412 e. The van der Waals surface area contributed by atoms with Crippen LogP contribution < -0.4 is 5.32 Å². The average Bonchev–Trinajstić information content (AvgIpc) is 3.31. The molecule has 0 unspecified atom stereocenters. The molecule has 1 saturated carbocycles. The van der Waals surface area contributed by atoms with Crippen LogP contribution in [0.2, 0.25) is 5.02 Å². The largest absolute Gasteiger partial charge is 0.310 e. The lowest BCUT2D eigenvalue weighted by Crippen LogP contribution is -2.15. The van der Waals surface area contributed by atoms with Crippen molar-refractivity contribution in [2.75, 3.05) is 0 Å². The Bertz CT molecular complexity index is 617. The van der Waals surface area contributed by atoms with E-state index in [2.05, 4.69) is 48.6 Å². The number of halogens is 1. The summed E-state index contributed by atoms with van der Waals surface area (Å²) in [5.74, 6) is 0. The van der Waals surface area contributed by atoms with E-state index in [1.54, 1.807) is 0 Å². The third kappa shape index (κ3) is 3.87. The van der Waals surface area contributed by atoms with Crippen LogP contribution in [0, 0.1) is 0 Å². The van der Waals surface area contributed by atoms with Gasteiger partial charge < -0.3 is 5.32 Å². The zero-order valence-electron chi connectivity index (χ0n) is 12.5. The molecule has 0 aliphatic heterocycles. The Balaban J connectivity index is 1.90. The van der Waals surface area contributed by atoms with E-state index in [1.807, 2.05) is 6.07 Å². The Hall–Kier alpha value is -1.31. The zero-order valence-corrected chi connectivity index (χ0v) is 13.3.